The maximum atomic E-state index is 13.0. The van der Waals surface area contributed by atoms with E-state index in [9.17, 15) is 25.2 Å². The molecular weight excluding hydrogens is 532 g/mol. The van der Waals surface area contributed by atoms with Gasteiger partial charge in [-0.05, 0) is 109 Å². The van der Waals surface area contributed by atoms with Gasteiger partial charge >= 0.3 is 5.97 Å². The molecule has 14 atom stereocenters. The number of carboxylic acid groups (broad SMARTS) is 1. The SMILES string of the molecule is C[C@H]1[C@H](C)CC[C@]2(C(=O)O)CC[C@]3(C)C(=CCC4[C@@]5(C)CC[C@H](O[C@@H]6OC[C@H](O)[C@H](O)[C@H]6O)C(C)(C)C5CC[C@]43C)[C@H]12. The number of aliphatic carboxylic acids is 1. The molecule has 2 unspecified atom stereocenters. The molecule has 0 spiro atoms. The Morgan fingerprint density at radius 1 is 0.905 bits per heavy atom. The molecule has 5 fully saturated rings. The van der Waals surface area contributed by atoms with E-state index in [1.165, 1.54) is 5.57 Å². The minimum absolute atomic E-state index is 0.00660. The van der Waals surface area contributed by atoms with E-state index in [-0.39, 0.29) is 40.3 Å². The Kier molecular flexibility index (Phi) is 7.39. The Bertz CT molecular complexity index is 1120. The second-order valence-corrected chi connectivity index (χ2v) is 16.8. The van der Waals surface area contributed by atoms with E-state index in [1.807, 2.05) is 0 Å². The zero-order valence-electron chi connectivity index (χ0n) is 26.9. The monoisotopic (exact) mass is 588 g/mol. The van der Waals surface area contributed by atoms with Gasteiger partial charge in [0.05, 0.1) is 18.1 Å². The average molecular weight is 589 g/mol. The van der Waals surface area contributed by atoms with E-state index in [4.69, 9.17) is 9.47 Å². The first-order valence-corrected chi connectivity index (χ1v) is 16.8. The summed E-state index contributed by atoms with van der Waals surface area (Å²) in [4.78, 5) is 13.0. The minimum Gasteiger partial charge on any atom is -0.481 e. The van der Waals surface area contributed by atoms with Gasteiger partial charge in [0.25, 0.3) is 0 Å². The molecule has 42 heavy (non-hydrogen) atoms. The highest BCUT2D eigenvalue weighted by Gasteiger charge is 2.69. The Balaban J connectivity index is 1.31. The van der Waals surface area contributed by atoms with Gasteiger partial charge in [-0.15, -0.1) is 0 Å². The number of carbonyl (C=O) groups is 1. The highest BCUT2D eigenvalue weighted by molar-refractivity contribution is 5.76. The lowest BCUT2D eigenvalue weighted by atomic mass is 9.33. The van der Waals surface area contributed by atoms with Crippen LogP contribution in [0.3, 0.4) is 0 Å². The summed E-state index contributed by atoms with van der Waals surface area (Å²) in [5.41, 5.74) is 0.885. The maximum absolute atomic E-state index is 13.0. The van der Waals surface area contributed by atoms with Crippen molar-refractivity contribution in [2.45, 2.75) is 137 Å². The largest absolute Gasteiger partial charge is 0.481 e. The van der Waals surface area contributed by atoms with Crippen molar-refractivity contribution in [3.8, 4) is 0 Å². The van der Waals surface area contributed by atoms with E-state index in [1.54, 1.807) is 0 Å². The van der Waals surface area contributed by atoms with Crippen LogP contribution in [0.4, 0.5) is 0 Å². The minimum atomic E-state index is -1.27. The molecule has 4 saturated carbocycles. The predicted octanol–water partition coefficient (Wildman–Crippen LogP) is 5.55. The van der Waals surface area contributed by atoms with Crippen LogP contribution in [-0.4, -0.2) is 63.7 Å². The highest BCUT2D eigenvalue weighted by atomic mass is 16.7. The van der Waals surface area contributed by atoms with Crippen molar-refractivity contribution in [1.82, 2.24) is 0 Å². The zero-order chi connectivity index (χ0) is 30.6. The summed E-state index contributed by atoms with van der Waals surface area (Å²) in [5.74, 6) is 1.38. The van der Waals surface area contributed by atoms with E-state index in [2.05, 4.69) is 54.5 Å². The number of aliphatic hydroxyl groups is 3. The fraction of sp³-hybridized carbons (Fsp3) is 0.914. The summed E-state index contributed by atoms with van der Waals surface area (Å²) in [6.07, 6.45) is 6.46. The normalized spacial score (nSPS) is 55.3. The number of ether oxygens (including phenoxy) is 2. The van der Waals surface area contributed by atoms with Crippen LogP contribution in [0, 0.1) is 56.7 Å². The third-order valence-corrected chi connectivity index (χ3v) is 15.1. The van der Waals surface area contributed by atoms with Gasteiger partial charge in [0.2, 0.25) is 0 Å². The lowest BCUT2D eigenvalue weighted by molar-refractivity contribution is -0.308. The van der Waals surface area contributed by atoms with Crippen LogP contribution in [0.15, 0.2) is 11.6 Å². The number of fused-ring (bicyclic) bond motifs is 7. The third-order valence-electron chi connectivity index (χ3n) is 15.1. The van der Waals surface area contributed by atoms with Crippen LogP contribution in [0.1, 0.15) is 106 Å². The number of aliphatic hydroxyl groups excluding tert-OH is 3. The van der Waals surface area contributed by atoms with Gasteiger partial charge in [0.15, 0.2) is 6.29 Å². The molecule has 0 amide bonds. The molecule has 0 aromatic heterocycles. The Morgan fingerprint density at radius 2 is 1.62 bits per heavy atom. The number of rotatable bonds is 3. The van der Waals surface area contributed by atoms with Crippen LogP contribution in [-0.2, 0) is 14.3 Å². The Labute approximate surface area is 252 Å². The number of hydrogen-bond acceptors (Lipinski definition) is 6. The fourth-order valence-electron chi connectivity index (χ4n) is 12.1. The third kappa shape index (κ3) is 3.98. The molecule has 0 aromatic carbocycles. The molecule has 1 heterocycles. The topological polar surface area (TPSA) is 116 Å². The Morgan fingerprint density at radius 3 is 2.31 bits per heavy atom. The van der Waals surface area contributed by atoms with Crippen LogP contribution < -0.4 is 0 Å². The first-order valence-electron chi connectivity index (χ1n) is 16.8. The van der Waals surface area contributed by atoms with Gasteiger partial charge in [0.1, 0.15) is 18.3 Å². The summed E-state index contributed by atoms with van der Waals surface area (Å²) >= 11 is 0. The fourth-order valence-corrected chi connectivity index (χ4v) is 12.1. The van der Waals surface area contributed by atoms with Crippen LogP contribution in [0.25, 0.3) is 0 Å². The molecule has 6 rings (SSSR count). The maximum Gasteiger partial charge on any atom is 0.310 e. The van der Waals surface area contributed by atoms with Crippen molar-refractivity contribution in [3.05, 3.63) is 11.6 Å². The van der Waals surface area contributed by atoms with Crippen LogP contribution >= 0.6 is 0 Å². The Hall–Kier alpha value is -0.990. The van der Waals surface area contributed by atoms with Gasteiger partial charge < -0.3 is 29.9 Å². The molecule has 0 bridgehead atoms. The first kappa shape index (κ1) is 31.0. The number of hydrogen-bond donors (Lipinski definition) is 4. The van der Waals surface area contributed by atoms with Crippen molar-refractivity contribution in [3.63, 3.8) is 0 Å². The van der Waals surface area contributed by atoms with Crippen molar-refractivity contribution in [2.75, 3.05) is 6.61 Å². The van der Waals surface area contributed by atoms with Crippen molar-refractivity contribution >= 4 is 5.97 Å². The summed E-state index contributed by atoms with van der Waals surface area (Å²) in [6.45, 7) is 16.8. The average Bonchev–Trinajstić information content (AvgIpc) is 2.92. The summed E-state index contributed by atoms with van der Waals surface area (Å²) in [6, 6.07) is 0. The molecule has 0 radical (unpaired) electrons. The smallest absolute Gasteiger partial charge is 0.310 e. The second-order valence-electron chi connectivity index (χ2n) is 16.8. The number of carboxylic acids is 1. The van der Waals surface area contributed by atoms with E-state index in [0.29, 0.717) is 23.7 Å². The number of allylic oxidation sites excluding steroid dienone is 2. The van der Waals surface area contributed by atoms with Gasteiger partial charge in [-0.1, -0.05) is 60.1 Å². The molecule has 238 valence electrons. The van der Waals surface area contributed by atoms with Crippen molar-refractivity contribution < 1.29 is 34.7 Å². The van der Waals surface area contributed by atoms with Crippen LogP contribution in [0.2, 0.25) is 0 Å². The van der Waals surface area contributed by atoms with Gasteiger partial charge in [-0.25, -0.2) is 0 Å². The van der Waals surface area contributed by atoms with Crippen molar-refractivity contribution in [1.29, 1.82) is 0 Å². The molecule has 6 aliphatic rings. The summed E-state index contributed by atoms with van der Waals surface area (Å²) < 4.78 is 12.1. The van der Waals surface area contributed by atoms with Gasteiger partial charge in [-0.3, -0.25) is 4.79 Å². The summed E-state index contributed by atoms with van der Waals surface area (Å²) in [5, 5.41) is 41.4. The molecule has 1 saturated heterocycles. The molecule has 7 nitrogen and oxygen atoms in total. The lowest BCUT2D eigenvalue weighted by Crippen LogP contribution is -2.66. The van der Waals surface area contributed by atoms with Gasteiger partial charge in [0, 0.05) is 0 Å². The molecule has 7 heteroatoms. The van der Waals surface area contributed by atoms with Crippen molar-refractivity contribution in [2.24, 2.45) is 56.7 Å². The van der Waals surface area contributed by atoms with E-state index in [0.717, 1.165) is 57.8 Å². The lowest BCUT2D eigenvalue weighted by Gasteiger charge is -2.71. The highest BCUT2D eigenvalue weighted by Crippen LogP contribution is 2.76. The van der Waals surface area contributed by atoms with Gasteiger partial charge in [-0.2, -0.15) is 0 Å². The predicted molar refractivity (Wildman–Crippen MR) is 159 cm³/mol. The first-order chi connectivity index (χ1) is 19.5. The van der Waals surface area contributed by atoms with E-state index < -0.39 is 36.0 Å². The molecule has 4 N–H and O–H groups in total. The quantitative estimate of drug-likeness (QED) is 0.252. The summed E-state index contributed by atoms with van der Waals surface area (Å²) in [7, 11) is 0. The second kappa shape index (κ2) is 10.0. The van der Waals surface area contributed by atoms with Crippen LogP contribution in [0.5, 0.6) is 0 Å². The molecule has 0 aromatic rings. The molecule has 1 aliphatic heterocycles. The molecular formula is C35H56O7. The zero-order valence-corrected chi connectivity index (χ0v) is 26.9. The standard InChI is InChI=1S/C35H56O7/c1-19-10-15-35(30(39)40)17-16-33(6)21(26(35)20(19)2)8-9-24-32(5)13-12-25(31(3,4)23(32)11-14-34(24,33)7)42-29-28(38)27(37)22(36)18-41-29/h8,19-20,22-29,36-38H,9-18H2,1-7H3,(H,39,40)/t19-,20+,22+,23?,24?,25+,26+,27+,28-,29+,32+,33-,34-,35+/m1/s1. The van der Waals surface area contributed by atoms with E-state index >= 15 is 0 Å². The molecule has 5 aliphatic carbocycles.